The Morgan fingerprint density at radius 3 is 2.54 bits per heavy atom. The first kappa shape index (κ1) is 25.4. The van der Waals surface area contributed by atoms with E-state index in [9.17, 15) is 17.6 Å². The van der Waals surface area contributed by atoms with Crippen molar-refractivity contribution < 1.29 is 17.6 Å². The molecule has 3 aromatic rings. The van der Waals surface area contributed by atoms with Gasteiger partial charge in [0.1, 0.15) is 5.82 Å². The molecule has 186 valence electrons. The fraction of sp³-hybridized carbons (Fsp3) is 0.385. The summed E-state index contributed by atoms with van der Waals surface area (Å²) in [5.74, 6) is -0.250. The van der Waals surface area contributed by atoms with Crippen molar-refractivity contribution in [1.82, 2.24) is 14.5 Å². The second-order valence-corrected chi connectivity index (χ2v) is 11.9. The van der Waals surface area contributed by atoms with Gasteiger partial charge in [-0.15, -0.1) is 0 Å². The molecule has 0 N–H and O–H groups in total. The summed E-state index contributed by atoms with van der Waals surface area (Å²) in [6.45, 7) is 5.24. The maximum atomic E-state index is 13.4. The van der Waals surface area contributed by atoms with Gasteiger partial charge in [-0.05, 0) is 66.6 Å². The van der Waals surface area contributed by atoms with Gasteiger partial charge in [0.25, 0.3) is 5.91 Å². The van der Waals surface area contributed by atoms with E-state index >= 15 is 0 Å². The highest BCUT2D eigenvalue weighted by Gasteiger charge is 2.30. The minimum absolute atomic E-state index is 0.0122. The third kappa shape index (κ3) is 6.49. The summed E-state index contributed by atoms with van der Waals surface area (Å²) in [5, 5.41) is 0.459. The average Bonchev–Trinajstić information content (AvgIpc) is 3.52. The maximum Gasteiger partial charge on any atom is 0.254 e. The minimum Gasteiger partial charge on any atom is -0.332 e. The average molecular weight is 518 g/mol. The zero-order chi connectivity index (χ0) is 25.2. The van der Waals surface area contributed by atoms with Crippen LogP contribution in [0.3, 0.4) is 0 Å². The van der Waals surface area contributed by atoms with E-state index in [2.05, 4.69) is 4.98 Å². The van der Waals surface area contributed by atoms with Crippen LogP contribution in [0.15, 0.2) is 59.9 Å². The zero-order valence-corrected chi connectivity index (χ0v) is 21.4. The highest BCUT2D eigenvalue weighted by atomic mass is 35.5. The highest BCUT2D eigenvalue weighted by Crippen LogP contribution is 2.31. The first-order valence-electron chi connectivity index (χ1n) is 11.7. The number of halogens is 2. The molecule has 1 aromatic heterocycles. The summed E-state index contributed by atoms with van der Waals surface area (Å²) in [5.41, 5.74) is 1.63. The summed E-state index contributed by atoms with van der Waals surface area (Å²) in [6.07, 6.45) is 3.65. The Bertz CT molecular complexity index is 1300. The van der Waals surface area contributed by atoms with Gasteiger partial charge in [-0.25, -0.2) is 17.8 Å². The fourth-order valence-corrected chi connectivity index (χ4v) is 5.74. The van der Waals surface area contributed by atoms with Crippen LogP contribution in [0, 0.1) is 17.7 Å². The van der Waals surface area contributed by atoms with E-state index in [-0.39, 0.29) is 29.3 Å². The van der Waals surface area contributed by atoms with Gasteiger partial charge in [0.15, 0.2) is 0 Å². The third-order valence-electron chi connectivity index (χ3n) is 5.88. The molecule has 0 saturated heterocycles. The van der Waals surface area contributed by atoms with Crippen LogP contribution in [0.2, 0.25) is 5.02 Å². The Morgan fingerprint density at radius 1 is 1.20 bits per heavy atom. The Balaban J connectivity index is 1.65. The van der Waals surface area contributed by atoms with Crippen molar-refractivity contribution in [1.29, 1.82) is 0 Å². The second-order valence-electron chi connectivity index (χ2n) is 9.56. The number of aromatic nitrogens is 2. The third-order valence-corrected chi connectivity index (χ3v) is 7.71. The maximum absolute atomic E-state index is 13.4. The Hall–Kier alpha value is -2.71. The quantitative estimate of drug-likeness (QED) is 0.363. The van der Waals surface area contributed by atoms with Crippen molar-refractivity contribution in [2.45, 2.75) is 50.7 Å². The monoisotopic (exact) mass is 517 g/mol. The van der Waals surface area contributed by atoms with E-state index in [1.54, 1.807) is 39.9 Å². The number of nitrogens with zero attached hydrogens (tertiary/aromatic N) is 3. The number of benzene rings is 2. The number of imidazole rings is 1. The molecule has 6 nitrogen and oxygen atoms in total. The number of carbonyl (C=O) groups is 1. The largest absolute Gasteiger partial charge is 0.332 e. The van der Waals surface area contributed by atoms with Gasteiger partial charge in [-0.1, -0.05) is 37.6 Å². The molecule has 0 bridgehead atoms. The van der Waals surface area contributed by atoms with Gasteiger partial charge >= 0.3 is 0 Å². The summed E-state index contributed by atoms with van der Waals surface area (Å²) in [7, 11) is -3.76. The van der Waals surface area contributed by atoms with Crippen LogP contribution in [-0.4, -0.2) is 35.3 Å². The number of amides is 1. The molecule has 1 aliphatic rings. The van der Waals surface area contributed by atoms with Crippen LogP contribution >= 0.6 is 11.6 Å². The molecule has 9 heteroatoms. The molecule has 1 aliphatic carbocycles. The van der Waals surface area contributed by atoms with E-state index in [1.165, 1.54) is 24.3 Å². The lowest BCUT2D eigenvalue weighted by Crippen LogP contribution is -2.33. The van der Waals surface area contributed by atoms with Crippen molar-refractivity contribution in [2.75, 3.05) is 6.54 Å². The summed E-state index contributed by atoms with van der Waals surface area (Å²) in [6, 6.07) is 12.3. The number of carbonyl (C=O) groups excluding carboxylic acids is 1. The molecule has 0 atom stereocenters. The minimum atomic E-state index is -3.76. The van der Waals surface area contributed by atoms with Gasteiger partial charge < -0.3 is 9.47 Å². The second kappa shape index (κ2) is 10.5. The molecule has 1 saturated carbocycles. The van der Waals surface area contributed by atoms with Crippen LogP contribution in [0.5, 0.6) is 0 Å². The molecule has 1 fully saturated rings. The SMILES string of the molecule is CC(C)Cn1c(CN(CC2CC2)C(=O)c2ccc(F)cc2)cnc1S(=O)(=O)Cc1cccc(Cl)c1. The van der Waals surface area contributed by atoms with Gasteiger partial charge in [0.05, 0.1) is 24.2 Å². The molecular formula is C26H29ClFN3O3S. The van der Waals surface area contributed by atoms with Gasteiger partial charge in [-0.2, -0.15) is 0 Å². The van der Waals surface area contributed by atoms with E-state index in [0.29, 0.717) is 40.9 Å². The lowest BCUT2D eigenvalue weighted by molar-refractivity contribution is 0.0730. The Labute approximate surface area is 210 Å². The molecule has 0 spiro atoms. The van der Waals surface area contributed by atoms with Crippen molar-refractivity contribution in [3.63, 3.8) is 0 Å². The summed E-state index contributed by atoms with van der Waals surface area (Å²) < 4.78 is 41.8. The van der Waals surface area contributed by atoms with Crippen molar-refractivity contribution >= 4 is 27.3 Å². The molecule has 0 aliphatic heterocycles. The van der Waals surface area contributed by atoms with E-state index in [1.807, 2.05) is 13.8 Å². The fourth-order valence-electron chi connectivity index (χ4n) is 4.04. The van der Waals surface area contributed by atoms with Gasteiger partial charge in [-0.3, -0.25) is 4.79 Å². The topological polar surface area (TPSA) is 72.3 Å². The van der Waals surface area contributed by atoms with E-state index in [0.717, 1.165) is 12.8 Å². The first-order chi connectivity index (χ1) is 16.6. The molecule has 4 rings (SSSR count). The van der Waals surface area contributed by atoms with Crippen LogP contribution in [0.4, 0.5) is 4.39 Å². The number of hydrogen-bond acceptors (Lipinski definition) is 4. The van der Waals surface area contributed by atoms with Crippen molar-refractivity contribution in [3.05, 3.63) is 82.4 Å². The standard InChI is InChI=1S/C26H29ClFN3O3S/c1-18(2)14-31-24(13-29-26(31)35(33,34)17-20-4-3-5-22(27)12-20)16-30(15-19-6-7-19)25(32)21-8-10-23(28)11-9-21/h3-5,8-13,18-19H,6-7,14-17H2,1-2H3. The van der Waals surface area contributed by atoms with Gasteiger partial charge in [0, 0.05) is 23.7 Å². The highest BCUT2D eigenvalue weighted by molar-refractivity contribution is 7.90. The number of hydrogen-bond donors (Lipinski definition) is 0. The molecule has 1 heterocycles. The Kier molecular flexibility index (Phi) is 7.62. The molecule has 0 unspecified atom stereocenters. The lowest BCUT2D eigenvalue weighted by Gasteiger charge is -2.24. The first-order valence-corrected chi connectivity index (χ1v) is 13.7. The van der Waals surface area contributed by atoms with E-state index < -0.39 is 15.7 Å². The van der Waals surface area contributed by atoms with Crippen LogP contribution in [0.1, 0.15) is 48.3 Å². The number of sulfone groups is 1. The van der Waals surface area contributed by atoms with Crippen molar-refractivity contribution in [3.8, 4) is 0 Å². The summed E-state index contributed by atoms with van der Waals surface area (Å²) >= 11 is 6.04. The molecule has 0 radical (unpaired) electrons. The Morgan fingerprint density at radius 2 is 1.91 bits per heavy atom. The predicted octanol–water partition coefficient (Wildman–Crippen LogP) is 5.36. The molecule has 35 heavy (non-hydrogen) atoms. The number of rotatable bonds is 10. The van der Waals surface area contributed by atoms with Gasteiger partial charge in [0.2, 0.25) is 15.0 Å². The van der Waals surface area contributed by atoms with Crippen LogP contribution in [-0.2, 0) is 28.7 Å². The smallest absolute Gasteiger partial charge is 0.254 e. The van der Waals surface area contributed by atoms with Crippen LogP contribution < -0.4 is 0 Å². The van der Waals surface area contributed by atoms with E-state index in [4.69, 9.17) is 11.6 Å². The predicted molar refractivity (Wildman–Crippen MR) is 133 cm³/mol. The van der Waals surface area contributed by atoms with Crippen molar-refractivity contribution in [2.24, 2.45) is 11.8 Å². The summed E-state index contributed by atoms with van der Waals surface area (Å²) in [4.78, 5) is 19.3. The zero-order valence-electron chi connectivity index (χ0n) is 19.8. The van der Waals surface area contributed by atoms with Crippen LogP contribution in [0.25, 0.3) is 0 Å². The lowest BCUT2D eigenvalue weighted by atomic mass is 10.1. The molecule has 1 amide bonds. The normalized spacial score (nSPS) is 13.9. The molecular weight excluding hydrogens is 489 g/mol. The molecule has 2 aromatic carbocycles.